The van der Waals surface area contributed by atoms with Gasteiger partial charge < -0.3 is 14.5 Å². The van der Waals surface area contributed by atoms with Crippen LogP contribution in [-0.2, 0) is 4.79 Å². The number of aryl methyl sites for hydroxylation is 1. The van der Waals surface area contributed by atoms with Crippen LogP contribution in [-0.4, -0.2) is 40.1 Å². The molecule has 1 amide bonds. The summed E-state index contributed by atoms with van der Waals surface area (Å²) in [6.45, 7) is 1.96. The number of nitrogens with zero attached hydrogens (tertiary/aromatic N) is 2. The normalized spacial score (nSPS) is 17.3. The van der Waals surface area contributed by atoms with Crippen molar-refractivity contribution in [2.24, 2.45) is 5.92 Å². The first-order valence-corrected chi connectivity index (χ1v) is 7.70. The summed E-state index contributed by atoms with van der Waals surface area (Å²) in [7, 11) is 0. The highest BCUT2D eigenvalue weighted by Gasteiger charge is 2.35. The van der Waals surface area contributed by atoms with Crippen molar-refractivity contribution in [2.45, 2.75) is 13.3 Å². The van der Waals surface area contributed by atoms with E-state index in [1.807, 2.05) is 0 Å². The standard InChI is InChI=1S/C16H14ClFN2O4/c1-8-12(15(21)20-6-5-9(7-20)16(22)23)14(19-24-8)13-10(17)3-2-4-11(13)18/h2-4,9H,5-7H2,1H3,(H,22,23). The van der Waals surface area contributed by atoms with Crippen LogP contribution in [0.3, 0.4) is 0 Å². The van der Waals surface area contributed by atoms with Crippen molar-refractivity contribution in [3.8, 4) is 11.3 Å². The second-order valence-corrected chi connectivity index (χ2v) is 6.04. The Morgan fingerprint density at radius 1 is 1.46 bits per heavy atom. The van der Waals surface area contributed by atoms with Gasteiger partial charge in [0.25, 0.3) is 5.91 Å². The Hall–Kier alpha value is -2.41. The Morgan fingerprint density at radius 2 is 2.21 bits per heavy atom. The van der Waals surface area contributed by atoms with E-state index in [1.165, 1.54) is 23.1 Å². The van der Waals surface area contributed by atoms with Crippen molar-refractivity contribution >= 4 is 23.5 Å². The maximum Gasteiger partial charge on any atom is 0.308 e. The molecule has 0 aliphatic carbocycles. The number of carboxylic acid groups (broad SMARTS) is 1. The molecule has 1 aromatic carbocycles. The SMILES string of the molecule is Cc1onc(-c2c(F)cccc2Cl)c1C(=O)N1CCC(C(=O)O)C1. The molecule has 1 atom stereocenters. The summed E-state index contributed by atoms with van der Waals surface area (Å²) in [5.74, 6) is -2.37. The number of hydrogen-bond donors (Lipinski definition) is 1. The number of carbonyl (C=O) groups excluding carboxylic acids is 1. The fourth-order valence-electron chi connectivity index (χ4n) is 2.82. The lowest BCUT2D eigenvalue weighted by atomic mass is 10.0. The number of benzene rings is 1. The molecule has 0 spiro atoms. The van der Waals surface area contributed by atoms with Crippen molar-refractivity contribution in [1.29, 1.82) is 0 Å². The third-order valence-electron chi connectivity index (χ3n) is 4.10. The minimum atomic E-state index is -0.940. The van der Waals surface area contributed by atoms with Crippen molar-refractivity contribution in [3.05, 3.63) is 40.4 Å². The number of carboxylic acids is 1. The van der Waals surface area contributed by atoms with Gasteiger partial charge in [-0.1, -0.05) is 22.8 Å². The molecule has 1 N–H and O–H groups in total. The molecule has 126 valence electrons. The molecule has 8 heteroatoms. The van der Waals surface area contributed by atoms with Crippen molar-refractivity contribution in [2.75, 3.05) is 13.1 Å². The summed E-state index contributed by atoms with van der Waals surface area (Å²) in [5.41, 5.74) is 0.126. The first kappa shape index (κ1) is 16.4. The number of halogens is 2. The van der Waals surface area contributed by atoms with Crippen molar-refractivity contribution < 1.29 is 23.6 Å². The fourth-order valence-corrected chi connectivity index (χ4v) is 3.08. The monoisotopic (exact) mass is 352 g/mol. The third kappa shape index (κ3) is 2.75. The summed E-state index contributed by atoms with van der Waals surface area (Å²) < 4.78 is 19.2. The van der Waals surface area contributed by atoms with Crippen LogP contribution >= 0.6 is 11.6 Å². The van der Waals surface area contributed by atoms with E-state index in [0.29, 0.717) is 13.0 Å². The van der Waals surface area contributed by atoms with Gasteiger partial charge in [0.1, 0.15) is 22.8 Å². The molecule has 1 aliphatic rings. The van der Waals surface area contributed by atoms with E-state index >= 15 is 0 Å². The molecule has 24 heavy (non-hydrogen) atoms. The lowest BCUT2D eigenvalue weighted by Gasteiger charge is -2.16. The van der Waals surface area contributed by atoms with Gasteiger partial charge in [-0.3, -0.25) is 9.59 Å². The lowest BCUT2D eigenvalue weighted by Crippen LogP contribution is -2.30. The van der Waals surface area contributed by atoms with Gasteiger partial charge in [-0.25, -0.2) is 4.39 Å². The van der Waals surface area contributed by atoms with E-state index in [1.54, 1.807) is 6.92 Å². The molecule has 3 rings (SSSR count). The zero-order valence-electron chi connectivity index (χ0n) is 12.8. The van der Waals surface area contributed by atoms with Gasteiger partial charge in [0, 0.05) is 13.1 Å². The molecule has 0 saturated carbocycles. The lowest BCUT2D eigenvalue weighted by molar-refractivity contribution is -0.141. The Bertz CT molecular complexity index is 800. The molecule has 2 heterocycles. The van der Waals surface area contributed by atoms with Crippen LogP contribution in [0.2, 0.25) is 5.02 Å². The predicted molar refractivity (Wildman–Crippen MR) is 83.3 cm³/mol. The molecular weight excluding hydrogens is 339 g/mol. The van der Waals surface area contributed by atoms with Crippen LogP contribution in [0.25, 0.3) is 11.3 Å². The maximum atomic E-state index is 14.2. The largest absolute Gasteiger partial charge is 0.481 e. The molecule has 1 unspecified atom stereocenters. The molecule has 6 nitrogen and oxygen atoms in total. The number of likely N-dealkylation sites (tertiary alicyclic amines) is 1. The summed E-state index contributed by atoms with van der Waals surface area (Å²) in [6.07, 6.45) is 0.376. The van der Waals surface area contributed by atoms with E-state index in [9.17, 15) is 14.0 Å². The summed E-state index contributed by atoms with van der Waals surface area (Å²) in [5, 5.41) is 13.0. The first-order valence-electron chi connectivity index (χ1n) is 7.33. The summed E-state index contributed by atoms with van der Waals surface area (Å²) in [4.78, 5) is 25.3. The van der Waals surface area contributed by atoms with Gasteiger partial charge in [-0.2, -0.15) is 0 Å². The third-order valence-corrected chi connectivity index (χ3v) is 4.42. The van der Waals surface area contributed by atoms with E-state index in [4.69, 9.17) is 21.2 Å². The van der Waals surface area contributed by atoms with Gasteiger partial charge in [0.05, 0.1) is 16.5 Å². The number of rotatable bonds is 3. The van der Waals surface area contributed by atoms with Crippen LogP contribution in [0.5, 0.6) is 0 Å². The van der Waals surface area contributed by atoms with Gasteiger partial charge in [0.2, 0.25) is 0 Å². The second-order valence-electron chi connectivity index (χ2n) is 5.63. The van der Waals surface area contributed by atoms with Gasteiger partial charge in [-0.15, -0.1) is 0 Å². The smallest absolute Gasteiger partial charge is 0.308 e. The van der Waals surface area contributed by atoms with Crippen LogP contribution in [0, 0.1) is 18.7 Å². The van der Waals surface area contributed by atoms with Gasteiger partial charge in [0.15, 0.2) is 0 Å². The van der Waals surface area contributed by atoms with Crippen LogP contribution in [0.15, 0.2) is 22.7 Å². The minimum Gasteiger partial charge on any atom is -0.481 e. The van der Waals surface area contributed by atoms with Crippen LogP contribution in [0.4, 0.5) is 4.39 Å². The number of aromatic nitrogens is 1. The van der Waals surface area contributed by atoms with E-state index in [-0.39, 0.29) is 34.1 Å². The molecule has 2 aromatic rings. The zero-order chi connectivity index (χ0) is 17.4. The molecule has 0 bridgehead atoms. The molecule has 1 fully saturated rings. The van der Waals surface area contributed by atoms with Crippen LogP contribution in [0.1, 0.15) is 22.5 Å². The van der Waals surface area contributed by atoms with Crippen molar-refractivity contribution in [3.63, 3.8) is 0 Å². The Labute approximate surface area is 141 Å². The molecular formula is C16H14ClFN2O4. The van der Waals surface area contributed by atoms with E-state index in [2.05, 4.69) is 5.16 Å². The maximum absolute atomic E-state index is 14.2. The van der Waals surface area contributed by atoms with E-state index in [0.717, 1.165) is 0 Å². The van der Waals surface area contributed by atoms with Crippen molar-refractivity contribution in [1.82, 2.24) is 10.1 Å². The summed E-state index contributed by atoms with van der Waals surface area (Å²) >= 11 is 6.05. The molecule has 1 aromatic heterocycles. The number of amides is 1. The average Bonchev–Trinajstić information content (AvgIpc) is 3.14. The first-order chi connectivity index (χ1) is 11.4. The Kier molecular flexibility index (Phi) is 4.28. The van der Waals surface area contributed by atoms with E-state index < -0.39 is 23.6 Å². The number of hydrogen-bond acceptors (Lipinski definition) is 4. The average molecular weight is 353 g/mol. The highest BCUT2D eigenvalue weighted by molar-refractivity contribution is 6.33. The Morgan fingerprint density at radius 3 is 2.83 bits per heavy atom. The minimum absolute atomic E-state index is 0.00616. The van der Waals surface area contributed by atoms with Gasteiger partial charge in [-0.05, 0) is 25.5 Å². The molecule has 1 aliphatic heterocycles. The Balaban J connectivity index is 2.00. The number of aliphatic carboxylic acids is 1. The van der Waals surface area contributed by atoms with Crippen LogP contribution < -0.4 is 0 Å². The number of carbonyl (C=O) groups is 2. The second kappa shape index (κ2) is 6.24. The quantitative estimate of drug-likeness (QED) is 0.918. The molecule has 0 radical (unpaired) electrons. The fraction of sp³-hybridized carbons (Fsp3) is 0.312. The highest BCUT2D eigenvalue weighted by Crippen LogP contribution is 2.34. The zero-order valence-corrected chi connectivity index (χ0v) is 13.5. The highest BCUT2D eigenvalue weighted by atomic mass is 35.5. The topological polar surface area (TPSA) is 83.6 Å². The molecule has 1 saturated heterocycles. The van der Waals surface area contributed by atoms with Gasteiger partial charge >= 0.3 is 5.97 Å². The predicted octanol–water partition coefficient (Wildman–Crippen LogP) is 2.99. The summed E-state index contributed by atoms with van der Waals surface area (Å²) in [6, 6.07) is 4.16.